The Balaban J connectivity index is 1.45. The van der Waals surface area contributed by atoms with Crippen LogP contribution in [0.15, 0.2) is 48.7 Å². The number of nitrogens with zero attached hydrogens (tertiary/aromatic N) is 3. The van der Waals surface area contributed by atoms with Crippen molar-refractivity contribution in [1.29, 1.82) is 0 Å². The molecule has 1 aromatic carbocycles. The number of rotatable bonds is 3. The molecule has 2 aromatic rings. The summed E-state index contributed by atoms with van der Waals surface area (Å²) in [5.74, 6) is 0.859. The predicted octanol–water partition coefficient (Wildman–Crippen LogP) is 3.15. The lowest BCUT2D eigenvalue weighted by Gasteiger charge is -2.32. The van der Waals surface area contributed by atoms with Crippen LogP contribution in [0, 0.1) is 0 Å². The van der Waals surface area contributed by atoms with Gasteiger partial charge in [-0.2, -0.15) is 0 Å². The number of carbonyl (C=O) groups is 1. The van der Waals surface area contributed by atoms with Gasteiger partial charge in [0.25, 0.3) is 0 Å². The number of fused-ring (bicyclic) bond motifs is 1. The number of benzene rings is 1. The third kappa shape index (κ3) is 3.22. The fraction of sp³-hybridized carbons (Fsp3) is 0.333. The molecule has 134 valence electrons. The molecule has 26 heavy (non-hydrogen) atoms. The fourth-order valence-electron chi connectivity index (χ4n) is 3.58. The van der Waals surface area contributed by atoms with Crippen molar-refractivity contribution in [2.45, 2.75) is 25.9 Å². The van der Waals surface area contributed by atoms with Crippen LogP contribution in [-0.4, -0.2) is 42.0 Å². The number of amides is 1. The molecule has 0 spiro atoms. The molecular formula is C21H24N4O. The molecule has 1 amide bonds. The minimum absolute atomic E-state index is 0.0207. The van der Waals surface area contributed by atoms with Crippen LogP contribution >= 0.6 is 0 Å². The monoisotopic (exact) mass is 348 g/mol. The van der Waals surface area contributed by atoms with Crippen molar-refractivity contribution in [1.82, 2.24) is 9.88 Å². The topological polar surface area (TPSA) is 48.5 Å². The van der Waals surface area contributed by atoms with E-state index in [4.69, 9.17) is 0 Å². The molecule has 1 atom stereocenters. The second-order valence-electron chi connectivity index (χ2n) is 7.07. The molecule has 0 saturated heterocycles. The first-order chi connectivity index (χ1) is 12.6. The first-order valence-electron chi connectivity index (χ1n) is 9.11. The van der Waals surface area contributed by atoms with Crippen LogP contribution in [0.1, 0.15) is 24.5 Å². The number of carbonyl (C=O) groups excluding carboxylic acids is 1. The third-order valence-electron chi connectivity index (χ3n) is 5.32. The van der Waals surface area contributed by atoms with Gasteiger partial charge >= 0.3 is 0 Å². The Kier molecular flexibility index (Phi) is 4.47. The Morgan fingerprint density at radius 1 is 1.27 bits per heavy atom. The normalized spacial score (nSPS) is 20.4. The van der Waals surface area contributed by atoms with Crippen molar-refractivity contribution in [3.63, 3.8) is 0 Å². The van der Waals surface area contributed by atoms with Gasteiger partial charge < -0.3 is 10.2 Å². The van der Waals surface area contributed by atoms with E-state index in [0.29, 0.717) is 0 Å². The minimum Gasteiger partial charge on any atom is -0.346 e. The van der Waals surface area contributed by atoms with E-state index < -0.39 is 0 Å². The van der Waals surface area contributed by atoms with E-state index in [2.05, 4.69) is 57.7 Å². The zero-order chi connectivity index (χ0) is 18.1. The van der Waals surface area contributed by atoms with E-state index in [9.17, 15) is 4.79 Å². The lowest BCUT2D eigenvalue weighted by atomic mass is 9.99. The summed E-state index contributed by atoms with van der Waals surface area (Å²) in [4.78, 5) is 21.0. The number of nitrogens with one attached hydrogen (secondary N) is 1. The molecule has 1 N–H and O–H groups in total. The van der Waals surface area contributed by atoms with E-state index in [1.54, 1.807) is 0 Å². The Labute approximate surface area is 154 Å². The summed E-state index contributed by atoms with van der Waals surface area (Å²) in [5.41, 5.74) is 4.69. The average Bonchev–Trinajstić information content (AvgIpc) is 2.67. The molecule has 1 aromatic heterocycles. The van der Waals surface area contributed by atoms with Crippen molar-refractivity contribution < 1.29 is 4.79 Å². The van der Waals surface area contributed by atoms with Gasteiger partial charge in [0.15, 0.2) is 5.82 Å². The highest BCUT2D eigenvalue weighted by Crippen LogP contribution is 2.30. The zero-order valence-electron chi connectivity index (χ0n) is 15.3. The molecule has 0 saturated carbocycles. The molecule has 3 heterocycles. The van der Waals surface area contributed by atoms with E-state index in [0.717, 1.165) is 43.1 Å². The molecule has 2 aliphatic rings. The maximum atomic E-state index is 12.0. The number of pyridine rings is 1. The van der Waals surface area contributed by atoms with Crippen LogP contribution in [0.25, 0.3) is 5.57 Å². The fourth-order valence-corrected chi connectivity index (χ4v) is 3.58. The van der Waals surface area contributed by atoms with Gasteiger partial charge in [-0.1, -0.05) is 36.4 Å². The summed E-state index contributed by atoms with van der Waals surface area (Å²) < 4.78 is 0. The molecule has 2 aliphatic heterocycles. The Hall–Kier alpha value is -2.66. The van der Waals surface area contributed by atoms with Crippen molar-refractivity contribution in [2.24, 2.45) is 0 Å². The van der Waals surface area contributed by atoms with Gasteiger partial charge in [-0.25, -0.2) is 4.98 Å². The van der Waals surface area contributed by atoms with Crippen molar-refractivity contribution in [3.05, 3.63) is 59.8 Å². The van der Waals surface area contributed by atoms with Gasteiger partial charge in [-0.15, -0.1) is 0 Å². The molecule has 0 aliphatic carbocycles. The third-order valence-corrected chi connectivity index (χ3v) is 5.32. The van der Waals surface area contributed by atoms with Gasteiger partial charge in [-0.3, -0.25) is 9.69 Å². The number of anilines is 2. The molecule has 4 rings (SSSR count). The quantitative estimate of drug-likeness (QED) is 0.926. The van der Waals surface area contributed by atoms with Crippen molar-refractivity contribution in [2.75, 3.05) is 30.4 Å². The number of hydrogen-bond donors (Lipinski definition) is 1. The minimum atomic E-state index is -0.190. The summed E-state index contributed by atoms with van der Waals surface area (Å²) >= 11 is 0. The Morgan fingerprint density at radius 2 is 2.08 bits per heavy atom. The smallest absolute Gasteiger partial charge is 0.246 e. The molecule has 1 unspecified atom stereocenters. The summed E-state index contributed by atoms with van der Waals surface area (Å²) in [6.45, 7) is 4.69. The molecule has 0 radical (unpaired) electrons. The van der Waals surface area contributed by atoms with Crippen LogP contribution in [0.3, 0.4) is 0 Å². The lowest BCUT2D eigenvalue weighted by Crippen LogP contribution is -2.44. The molecule has 5 nitrogen and oxygen atoms in total. The molecular weight excluding hydrogens is 324 g/mol. The van der Waals surface area contributed by atoms with Crippen LogP contribution in [0.4, 0.5) is 11.5 Å². The highest BCUT2D eigenvalue weighted by atomic mass is 16.2. The van der Waals surface area contributed by atoms with E-state index in [1.807, 2.05) is 25.1 Å². The maximum Gasteiger partial charge on any atom is 0.246 e. The largest absolute Gasteiger partial charge is 0.346 e. The SMILES string of the molecule is CC1C(=O)Nc2cc(CN3CC=C(c4ccccc4)CC3)cnc2N1C. The summed E-state index contributed by atoms with van der Waals surface area (Å²) in [6, 6.07) is 12.5. The van der Waals surface area contributed by atoms with Crippen LogP contribution in [0.5, 0.6) is 0 Å². The van der Waals surface area contributed by atoms with Gasteiger partial charge in [0.2, 0.25) is 5.91 Å². The van der Waals surface area contributed by atoms with E-state index in [1.165, 1.54) is 11.1 Å². The van der Waals surface area contributed by atoms with E-state index in [-0.39, 0.29) is 11.9 Å². The predicted molar refractivity (Wildman–Crippen MR) is 105 cm³/mol. The van der Waals surface area contributed by atoms with Gasteiger partial charge in [0.05, 0.1) is 5.69 Å². The molecule has 0 bridgehead atoms. The van der Waals surface area contributed by atoms with Gasteiger partial charge in [0.1, 0.15) is 6.04 Å². The zero-order valence-corrected chi connectivity index (χ0v) is 15.3. The van der Waals surface area contributed by atoms with Gasteiger partial charge in [0, 0.05) is 32.9 Å². The number of hydrogen-bond acceptors (Lipinski definition) is 4. The Bertz CT molecular complexity index is 846. The Morgan fingerprint density at radius 3 is 2.81 bits per heavy atom. The van der Waals surface area contributed by atoms with Crippen molar-refractivity contribution in [3.8, 4) is 0 Å². The number of aromatic nitrogens is 1. The first kappa shape index (κ1) is 16.8. The number of likely N-dealkylation sites (N-methyl/N-ethyl adjacent to an activating group) is 1. The average molecular weight is 348 g/mol. The van der Waals surface area contributed by atoms with Crippen LogP contribution in [0.2, 0.25) is 0 Å². The summed E-state index contributed by atoms with van der Waals surface area (Å²) in [6.07, 6.45) is 5.30. The maximum absolute atomic E-state index is 12.0. The van der Waals surface area contributed by atoms with Crippen LogP contribution in [-0.2, 0) is 11.3 Å². The van der Waals surface area contributed by atoms with Crippen molar-refractivity contribution >= 4 is 23.0 Å². The second-order valence-corrected chi connectivity index (χ2v) is 7.07. The summed E-state index contributed by atoms with van der Waals surface area (Å²) in [7, 11) is 1.91. The lowest BCUT2D eigenvalue weighted by molar-refractivity contribution is -0.117. The van der Waals surface area contributed by atoms with Gasteiger partial charge in [-0.05, 0) is 36.1 Å². The first-order valence-corrected chi connectivity index (χ1v) is 9.11. The van der Waals surface area contributed by atoms with E-state index >= 15 is 0 Å². The molecule has 5 heteroatoms. The standard InChI is InChI=1S/C21H24N4O/c1-15-21(26)23-19-12-16(13-22-20(19)24(15)2)14-25-10-8-18(9-11-25)17-6-4-3-5-7-17/h3-8,12-13,15H,9-11,14H2,1-2H3,(H,23,26). The molecule has 0 fully saturated rings. The highest BCUT2D eigenvalue weighted by molar-refractivity contribution is 6.02. The second kappa shape index (κ2) is 6.92. The summed E-state index contributed by atoms with van der Waals surface area (Å²) in [5, 5.41) is 2.97. The highest BCUT2D eigenvalue weighted by Gasteiger charge is 2.28. The van der Waals surface area contributed by atoms with Crippen LogP contribution < -0.4 is 10.2 Å².